The van der Waals surface area contributed by atoms with Gasteiger partial charge < -0.3 is 10.2 Å². The molecule has 0 aromatic heterocycles. The lowest BCUT2D eigenvalue weighted by atomic mass is 9.85. The summed E-state index contributed by atoms with van der Waals surface area (Å²) >= 11 is 0. The highest BCUT2D eigenvalue weighted by molar-refractivity contribution is 7.72. The Morgan fingerprint density at radius 3 is 2.43 bits per heavy atom. The molecule has 3 unspecified atom stereocenters. The Labute approximate surface area is 87.4 Å². The first kappa shape index (κ1) is 12.1. The molecule has 0 saturated carbocycles. The highest BCUT2D eigenvalue weighted by atomic mass is 31.2. The molecule has 2 N–H and O–H groups in total. The van der Waals surface area contributed by atoms with Gasteiger partial charge in [-0.15, -0.1) is 13.2 Å². The van der Waals surface area contributed by atoms with Gasteiger partial charge in [0.25, 0.3) is 0 Å². The number of aliphatic hydroxyl groups excluding tert-OH is 2. The molecule has 0 amide bonds. The fourth-order valence-electron chi connectivity index (χ4n) is 1.54. The zero-order valence-corrected chi connectivity index (χ0v) is 9.74. The van der Waals surface area contributed by atoms with E-state index in [4.69, 9.17) is 7.85 Å². The zero-order chi connectivity index (χ0) is 10.9. The van der Waals surface area contributed by atoms with Gasteiger partial charge in [-0.3, -0.25) is 0 Å². The Morgan fingerprint density at radius 1 is 1.50 bits per heavy atom. The lowest BCUT2D eigenvalue weighted by Gasteiger charge is -2.17. The zero-order valence-electron chi connectivity index (χ0n) is 8.85. The molecule has 3 atom stereocenters. The number of rotatable bonds is 3. The van der Waals surface area contributed by atoms with Crippen molar-refractivity contribution in [3.05, 3.63) is 11.6 Å². The second-order valence-electron chi connectivity index (χ2n) is 4.66. The average Bonchev–Trinajstić information content (AvgIpc) is 2.28. The van der Waals surface area contributed by atoms with Crippen molar-refractivity contribution in [3.8, 4) is 0 Å². The van der Waals surface area contributed by atoms with Gasteiger partial charge in [0.15, 0.2) is 0 Å². The predicted molar refractivity (Wildman–Crippen MR) is 65.0 cm³/mol. The molecule has 2 radical (unpaired) electrons. The minimum atomic E-state index is -1.06. The highest BCUT2D eigenvalue weighted by Gasteiger charge is 2.30. The van der Waals surface area contributed by atoms with Gasteiger partial charge in [0.2, 0.25) is 0 Å². The summed E-state index contributed by atoms with van der Waals surface area (Å²) in [5, 5.41) is 19.1. The molecule has 78 valence electrons. The summed E-state index contributed by atoms with van der Waals surface area (Å²) in [6.07, 6.45) is 6.09. The van der Waals surface area contributed by atoms with Crippen LogP contribution in [0.1, 0.15) is 6.42 Å². The van der Waals surface area contributed by atoms with E-state index < -0.39 is 24.9 Å². The summed E-state index contributed by atoms with van der Waals surface area (Å²) in [5.41, 5.74) is 0.877. The van der Waals surface area contributed by atoms with Crippen molar-refractivity contribution in [1.29, 1.82) is 0 Å². The third-order valence-electron chi connectivity index (χ3n) is 2.51. The van der Waals surface area contributed by atoms with Gasteiger partial charge in [-0.25, -0.2) is 0 Å². The standard InChI is InChI=1S/C10H18BO2P/c1-14(2,3)5-4-7-6-8(11)10(13)9(7)12/h6,8-10,12-13H,1,4-5H2,2-3H3. The Morgan fingerprint density at radius 2 is 2.07 bits per heavy atom. The third-order valence-corrected chi connectivity index (χ3v) is 3.94. The lowest BCUT2D eigenvalue weighted by Crippen LogP contribution is -2.25. The van der Waals surface area contributed by atoms with Gasteiger partial charge in [0, 0.05) is 0 Å². The summed E-state index contributed by atoms with van der Waals surface area (Å²) in [7, 11) is 5.61. The molecule has 1 rings (SSSR count). The molecule has 1 aliphatic rings. The second-order valence-corrected chi connectivity index (χ2v) is 8.98. The minimum absolute atomic E-state index is 0.411. The minimum Gasteiger partial charge on any atom is -0.390 e. The van der Waals surface area contributed by atoms with E-state index in [1.165, 1.54) is 0 Å². The second kappa shape index (κ2) is 4.26. The Kier molecular flexibility index (Phi) is 3.68. The molecular formula is C10H18BO2P. The fraction of sp³-hybridized carbons (Fsp3) is 0.700. The van der Waals surface area contributed by atoms with Crippen LogP contribution in [0.3, 0.4) is 0 Å². The fourth-order valence-corrected chi connectivity index (χ4v) is 2.40. The smallest absolute Gasteiger partial charge is 0.101 e. The van der Waals surface area contributed by atoms with Crippen LogP contribution in [0.15, 0.2) is 11.6 Å². The molecule has 0 fully saturated rings. The molecule has 0 bridgehead atoms. The molecule has 0 heterocycles. The van der Waals surface area contributed by atoms with Crippen LogP contribution in [0, 0.1) is 0 Å². The number of hydrogen-bond donors (Lipinski definition) is 2. The molecule has 0 aromatic carbocycles. The summed E-state index contributed by atoms with van der Waals surface area (Å²) in [4.78, 5) is 0. The first-order valence-electron chi connectivity index (χ1n) is 4.81. The molecule has 4 heteroatoms. The maximum absolute atomic E-state index is 9.62. The predicted octanol–water partition coefficient (Wildman–Crippen LogP) is 0.704. The highest BCUT2D eigenvalue weighted by Crippen LogP contribution is 2.39. The van der Waals surface area contributed by atoms with E-state index in [0.717, 1.165) is 18.2 Å². The van der Waals surface area contributed by atoms with Gasteiger partial charge >= 0.3 is 0 Å². The Hall–Kier alpha value is 0.0249. The van der Waals surface area contributed by atoms with Crippen molar-refractivity contribution in [2.75, 3.05) is 19.5 Å². The molecule has 0 saturated heterocycles. The van der Waals surface area contributed by atoms with Crippen LogP contribution in [0.2, 0.25) is 5.82 Å². The molecule has 1 aliphatic carbocycles. The third kappa shape index (κ3) is 3.01. The van der Waals surface area contributed by atoms with Gasteiger partial charge in [0.05, 0.1) is 14.0 Å². The van der Waals surface area contributed by atoms with Crippen molar-refractivity contribution in [1.82, 2.24) is 0 Å². The molecule has 0 aromatic rings. The van der Waals surface area contributed by atoms with E-state index in [9.17, 15) is 10.2 Å². The van der Waals surface area contributed by atoms with Crippen LogP contribution in [-0.4, -0.2) is 56.1 Å². The van der Waals surface area contributed by atoms with Crippen LogP contribution in [0.25, 0.3) is 0 Å². The molecular weight excluding hydrogens is 194 g/mol. The van der Waals surface area contributed by atoms with E-state index in [1.54, 1.807) is 6.08 Å². The van der Waals surface area contributed by atoms with Crippen LogP contribution < -0.4 is 0 Å². The van der Waals surface area contributed by atoms with E-state index in [0.29, 0.717) is 0 Å². The van der Waals surface area contributed by atoms with Crippen molar-refractivity contribution < 1.29 is 10.2 Å². The van der Waals surface area contributed by atoms with Crippen LogP contribution in [0.5, 0.6) is 0 Å². The quantitative estimate of drug-likeness (QED) is 0.410. The maximum atomic E-state index is 9.62. The number of aliphatic hydroxyl groups is 2. The largest absolute Gasteiger partial charge is 0.390 e. The molecule has 14 heavy (non-hydrogen) atoms. The van der Waals surface area contributed by atoms with E-state index in [1.807, 2.05) is 0 Å². The summed E-state index contributed by atoms with van der Waals surface area (Å²) in [5.74, 6) is -0.411. The monoisotopic (exact) mass is 212 g/mol. The molecule has 0 spiro atoms. The van der Waals surface area contributed by atoms with Gasteiger partial charge in [0.1, 0.15) is 6.10 Å². The van der Waals surface area contributed by atoms with E-state index >= 15 is 0 Å². The first-order chi connectivity index (χ1) is 6.31. The summed E-state index contributed by atoms with van der Waals surface area (Å²) in [6.45, 7) is 3.26. The van der Waals surface area contributed by atoms with Crippen LogP contribution in [0.4, 0.5) is 0 Å². The summed E-state index contributed by atoms with van der Waals surface area (Å²) < 4.78 is 0. The van der Waals surface area contributed by atoms with Crippen LogP contribution >= 0.6 is 6.89 Å². The van der Waals surface area contributed by atoms with Gasteiger partial charge in [-0.05, 0) is 37.3 Å². The van der Waals surface area contributed by atoms with Crippen molar-refractivity contribution in [3.63, 3.8) is 0 Å². The lowest BCUT2D eigenvalue weighted by molar-refractivity contribution is 0.0547. The molecule has 2 nitrogen and oxygen atoms in total. The van der Waals surface area contributed by atoms with Crippen LogP contribution in [-0.2, 0) is 0 Å². The SMILES string of the molecule is [B]C1C=C(CCP(=C)(C)C)C(O)C1O. The summed E-state index contributed by atoms with van der Waals surface area (Å²) in [6, 6.07) is 0. The van der Waals surface area contributed by atoms with E-state index in [-0.39, 0.29) is 0 Å². The first-order valence-corrected chi connectivity index (χ1v) is 7.86. The van der Waals surface area contributed by atoms with E-state index in [2.05, 4.69) is 19.6 Å². The van der Waals surface area contributed by atoms with Gasteiger partial charge in [-0.1, -0.05) is 6.08 Å². The van der Waals surface area contributed by atoms with Crippen molar-refractivity contribution in [2.45, 2.75) is 24.4 Å². The maximum Gasteiger partial charge on any atom is 0.101 e. The normalized spacial score (nSPS) is 33.1. The van der Waals surface area contributed by atoms with Crippen molar-refractivity contribution in [2.24, 2.45) is 0 Å². The van der Waals surface area contributed by atoms with Gasteiger partial charge in [-0.2, -0.15) is 0 Å². The topological polar surface area (TPSA) is 40.5 Å². The molecule has 0 aliphatic heterocycles. The Balaban J connectivity index is 2.55. The van der Waals surface area contributed by atoms with Crippen molar-refractivity contribution >= 4 is 21.0 Å². The average molecular weight is 212 g/mol. The Bertz CT molecular complexity index is 282. The number of hydrogen-bond acceptors (Lipinski definition) is 2.